The molecule has 5 heteroatoms. The van der Waals surface area contributed by atoms with Crippen LogP contribution in [-0.2, 0) is 14.3 Å². The maximum atomic E-state index is 12.3. The summed E-state index contributed by atoms with van der Waals surface area (Å²) in [5.74, 6) is -0.255. The van der Waals surface area contributed by atoms with E-state index in [1.54, 1.807) is 20.8 Å². The standard InChI is InChI=1S/C14H25NO4/c1-5-19-13(18)14(3,4)12(17)8-15-7-6-10(2)11(15)9-16/h10-11,16H,5-9H2,1-4H3. The molecule has 0 aliphatic carbocycles. The van der Waals surface area contributed by atoms with E-state index in [2.05, 4.69) is 6.92 Å². The number of aliphatic hydroxyl groups is 1. The number of carbonyl (C=O) groups is 2. The van der Waals surface area contributed by atoms with Gasteiger partial charge in [-0.3, -0.25) is 14.5 Å². The van der Waals surface area contributed by atoms with Crippen LogP contribution in [0, 0.1) is 11.3 Å². The molecule has 0 saturated carbocycles. The lowest BCUT2D eigenvalue weighted by atomic mass is 9.87. The molecule has 0 amide bonds. The zero-order valence-electron chi connectivity index (χ0n) is 12.3. The van der Waals surface area contributed by atoms with Gasteiger partial charge in [0.2, 0.25) is 0 Å². The predicted molar refractivity (Wildman–Crippen MR) is 71.6 cm³/mol. The summed E-state index contributed by atoms with van der Waals surface area (Å²) >= 11 is 0. The first-order chi connectivity index (χ1) is 8.84. The van der Waals surface area contributed by atoms with Crippen LogP contribution in [0.2, 0.25) is 0 Å². The van der Waals surface area contributed by atoms with Crippen molar-refractivity contribution in [3.05, 3.63) is 0 Å². The molecular formula is C14H25NO4. The Kier molecular flexibility index (Phi) is 5.50. The van der Waals surface area contributed by atoms with E-state index < -0.39 is 11.4 Å². The molecule has 0 aromatic carbocycles. The second-order valence-corrected chi connectivity index (χ2v) is 5.76. The molecule has 1 saturated heterocycles. The highest BCUT2D eigenvalue weighted by atomic mass is 16.5. The first kappa shape index (κ1) is 16.1. The number of ketones is 1. The Labute approximate surface area is 114 Å². The van der Waals surface area contributed by atoms with Gasteiger partial charge in [0.05, 0.1) is 19.8 Å². The van der Waals surface area contributed by atoms with E-state index in [0.29, 0.717) is 5.92 Å². The molecule has 1 N–H and O–H groups in total. The molecule has 0 spiro atoms. The van der Waals surface area contributed by atoms with Crippen molar-refractivity contribution in [1.29, 1.82) is 0 Å². The minimum atomic E-state index is -1.12. The van der Waals surface area contributed by atoms with Crippen LogP contribution >= 0.6 is 0 Å². The number of ether oxygens (including phenoxy) is 1. The molecular weight excluding hydrogens is 246 g/mol. The highest BCUT2D eigenvalue weighted by Gasteiger charge is 2.40. The molecule has 19 heavy (non-hydrogen) atoms. The minimum Gasteiger partial charge on any atom is -0.465 e. The van der Waals surface area contributed by atoms with Crippen LogP contribution in [0.5, 0.6) is 0 Å². The molecule has 1 fully saturated rings. The zero-order chi connectivity index (χ0) is 14.6. The fourth-order valence-corrected chi connectivity index (χ4v) is 2.39. The molecule has 5 nitrogen and oxygen atoms in total. The molecule has 1 rings (SSSR count). The van der Waals surface area contributed by atoms with Gasteiger partial charge in [-0.2, -0.15) is 0 Å². The summed E-state index contributed by atoms with van der Waals surface area (Å²) in [6.45, 7) is 8.30. The number of esters is 1. The fraction of sp³-hybridized carbons (Fsp3) is 0.857. The Balaban J connectivity index is 2.66. The van der Waals surface area contributed by atoms with Crippen molar-refractivity contribution in [2.75, 3.05) is 26.3 Å². The Morgan fingerprint density at radius 3 is 2.58 bits per heavy atom. The first-order valence-corrected chi connectivity index (χ1v) is 6.90. The third-order valence-corrected chi connectivity index (χ3v) is 4.01. The zero-order valence-corrected chi connectivity index (χ0v) is 12.3. The second kappa shape index (κ2) is 6.48. The molecule has 1 aliphatic heterocycles. The predicted octanol–water partition coefficient (Wildman–Crippen LogP) is 0.847. The maximum Gasteiger partial charge on any atom is 0.319 e. The Bertz CT molecular complexity index is 340. The minimum absolute atomic E-state index is 0.0157. The Morgan fingerprint density at radius 1 is 1.42 bits per heavy atom. The maximum absolute atomic E-state index is 12.3. The average Bonchev–Trinajstić information content (AvgIpc) is 2.69. The Hall–Kier alpha value is -0.940. The van der Waals surface area contributed by atoms with Crippen LogP contribution in [0.1, 0.15) is 34.1 Å². The van der Waals surface area contributed by atoms with Crippen molar-refractivity contribution in [2.45, 2.75) is 40.2 Å². The van der Waals surface area contributed by atoms with E-state index in [0.717, 1.165) is 13.0 Å². The number of rotatable bonds is 6. The third kappa shape index (κ3) is 3.54. The van der Waals surface area contributed by atoms with Gasteiger partial charge in [-0.25, -0.2) is 0 Å². The van der Waals surface area contributed by atoms with E-state index in [1.807, 2.05) is 4.90 Å². The lowest BCUT2D eigenvalue weighted by molar-refractivity contribution is -0.158. The monoisotopic (exact) mass is 271 g/mol. The number of Topliss-reactive ketones (excluding diaryl/α,β-unsaturated/α-hetero) is 1. The number of nitrogens with zero attached hydrogens (tertiary/aromatic N) is 1. The lowest BCUT2D eigenvalue weighted by Crippen LogP contribution is -2.45. The molecule has 110 valence electrons. The van der Waals surface area contributed by atoms with Crippen LogP contribution in [0.25, 0.3) is 0 Å². The van der Waals surface area contributed by atoms with Crippen LogP contribution in [-0.4, -0.2) is 54.1 Å². The Morgan fingerprint density at radius 2 is 2.05 bits per heavy atom. The SMILES string of the molecule is CCOC(=O)C(C)(C)C(=O)CN1CCC(C)C1CO. The third-order valence-electron chi connectivity index (χ3n) is 4.01. The molecule has 0 aromatic rings. The van der Waals surface area contributed by atoms with Gasteiger partial charge in [-0.15, -0.1) is 0 Å². The largest absolute Gasteiger partial charge is 0.465 e. The van der Waals surface area contributed by atoms with Gasteiger partial charge in [0.25, 0.3) is 0 Å². The molecule has 2 unspecified atom stereocenters. The van der Waals surface area contributed by atoms with Crippen LogP contribution in [0.4, 0.5) is 0 Å². The van der Waals surface area contributed by atoms with Gasteiger partial charge in [0.1, 0.15) is 5.41 Å². The summed E-state index contributed by atoms with van der Waals surface area (Å²) in [4.78, 5) is 26.0. The highest BCUT2D eigenvalue weighted by molar-refractivity contribution is 6.03. The normalized spacial score (nSPS) is 24.5. The average molecular weight is 271 g/mol. The number of aliphatic hydroxyl groups excluding tert-OH is 1. The molecule has 0 bridgehead atoms. The summed E-state index contributed by atoms with van der Waals surface area (Å²) in [6, 6.07) is 0.0157. The van der Waals surface area contributed by atoms with Gasteiger partial charge < -0.3 is 9.84 Å². The molecule has 2 atom stereocenters. The topological polar surface area (TPSA) is 66.8 Å². The molecule has 0 aromatic heterocycles. The van der Waals surface area contributed by atoms with Crippen molar-refractivity contribution in [3.63, 3.8) is 0 Å². The lowest BCUT2D eigenvalue weighted by Gasteiger charge is -2.28. The quantitative estimate of drug-likeness (QED) is 0.573. The van der Waals surface area contributed by atoms with Crippen LogP contribution in [0.3, 0.4) is 0 Å². The smallest absolute Gasteiger partial charge is 0.319 e. The van der Waals surface area contributed by atoms with E-state index >= 15 is 0 Å². The van der Waals surface area contributed by atoms with Crippen molar-refractivity contribution in [3.8, 4) is 0 Å². The van der Waals surface area contributed by atoms with Crippen molar-refractivity contribution >= 4 is 11.8 Å². The number of hydrogen-bond donors (Lipinski definition) is 1. The summed E-state index contributed by atoms with van der Waals surface area (Å²) in [5, 5.41) is 9.37. The van der Waals surface area contributed by atoms with E-state index in [4.69, 9.17) is 4.74 Å². The molecule has 1 aliphatic rings. The number of carbonyl (C=O) groups excluding carboxylic acids is 2. The van der Waals surface area contributed by atoms with E-state index in [-0.39, 0.29) is 31.6 Å². The number of likely N-dealkylation sites (tertiary alicyclic amines) is 1. The van der Waals surface area contributed by atoms with E-state index in [1.165, 1.54) is 0 Å². The summed E-state index contributed by atoms with van der Waals surface area (Å²) in [7, 11) is 0. The van der Waals surface area contributed by atoms with Gasteiger partial charge in [-0.1, -0.05) is 6.92 Å². The van der Waals surface area contributed by atoms with Gasteiger partial charge in [0.15, 0.2) is 5.78 Å². The fourth-order valence-electron chi connectivity index (χ4n) is 2.39. The summed E-state index contributed by atoms with van der Waals surface area (Å²) in [6.07, 6.45) is 0.971. The number of hydrogen-bond acceptors (Lipinski definition) is 5. The molecule has 0 radical (unpaired) electrons. The molecule has 1 heterocycles. The summed E-state index contributed by atoms with van der Waals surface area (Å²) < 4.78 is 4.94. The van der Waals surface area contributed by atoms with Gasteiger partial charge in [-0.05, 0) is 39.7 Å². The van der Waals surface area contributed by atoms with Crippen molar-refractivity contribution < 1.29 is 19.4 Å². The van der Waals surface area contributed by atoms with Crippen LogP contribution < -0.4 is 0 Å². The van der Waals surface area contributed by atoms with E-state index in [9.17, 15) is 14.7 Å². The second-order valence-electron chi connectivity index (χ2n) is 5.76. The van der Waals surface area contributed by atoms with Crippen LogP contribution in [0.15, 0.2) is 0 Å². The van der Waals surface area contributed by atoms with Crippen molar-refractivity contribution in [1.82, 2.24) is 4.90 Å². The summed E-state index contributed by atoms with van der Waals surface area (Å²) in [5.41, 5.74) is -1.12. The van der Waals surface area contributed by atoms with Gasteiger partial charge >= 0.3 is 5.97 Å². The van der Waals surface area contributed by atoms with Gasteiger partial charge in [0, 0.05) is 6.04 Å². The highest BCUT2D eigenvalue weighted by Crippen LogP contribution is 2.26. The van der Waals surface area contributed by atoms with Crippen molar-refractivity contribution in [2.24, 2.45) is 11.3 Å². The first-order valence-electron chi connectivity index (χ1n) is 6.90.